The molecule has 0 saturated carbocycles. The molecule has 0 bridgehead atoms. The van der Waals surface area contributed by atoms with Crippen molar-refractivity contribution in [1.29, 1.82) is 0 Å². The van der Waals surface area contributed by atoms with E-state index in [9.17, 15) is 8.42 Å². The normalized spacial score (nSPS) is 11.7. The van der Waals surface area contributed by atoms with E-state index in [1.165, 1.54) is 12.1 Å². The van der Waals surface area contributed by atoms with Gasteiger partial charge in [-0.15, -0.1) is 0 Å². The molecule has 72 valence electrons. The molecule has 0 heterocycles. The molecule has 0 aliphatic heterocycles. The summed E-state index contributed by atoms with van der Waals surface area (Å²) in [6, 6.07) is 2.36. The quantitative estimate of drug-likeness (QED) is 0.791. The molecule has 1 aromatic carbocycles. The third kappa shape index (κ3) is 2.48. The fourth-order valence-corrected chi connectivity index (χ4v) is 2.79. The highest BCUT2D eigenvalue weighted by Crippen LogP contribution is 2.32. The van der Waals surface area contributed by atoms with Crippen molar-refractivity contribution >= 4 is 44.9 Å². The Morgan fingerprint density at radius 2 is 1.46 bits per heavy atom. The molecule has 0 aliphatic rings. The third-order valence-electron chi connectivity index (χ3n) is 1.22. The Labute approximate surface area is 90.0 Å². The van der Waals surface area contributed by atoms with Crippen molar-refractivity contribution in [3.8, 4) is 0 Å². The standard InChI is InChI=1S/C6H3Cl3O3S/c7-3-1-4(8)6(5(9)2-3)13(10,11)12/h1-2H,(H,10,11,12). The van der Waals surface area contributed by atoms with Crippen molar-refractivity contribution < 1.29 is 13.0 Å². The summed E-state index contributed by atoms with van der Waals surface area (Å²) in [5.74, 6) is 0. The first kappa shape index (κ1) is 11.1. The van der Waals surface area contributed by atoms with Crippen LogP contribution in [0.25, 0.3) is 0 Å². The molecule has 0 fully saturated rings. The predicted molar refractivity (Wildman–Crippen MR) is 51.3 cm³/mol. The molecule has 0 amide bonds. The van der Waals surface area contributed by atoms with Crippen molar-refractivity contribution in [2.24, 2.45) is 0 Å². The van der Waals surface area contributed by atoms with Crippen LogP contribution in [-0.2, 0) is 10.1 Å². The number of hydrogen-bond donors (Lipinski definition) is 1. The van der Waals surface area contributed by atoms with E-state index >= 15 is 0 Å². The van der Waals surface area contributed by atoms with Crippen LogP contribution in [0.4, 0.5) is 0 Å². The van der Waals surface area contributed by atoms with Gasteiger partial charge in [0.05, 0.1) is 10.0 Å². The molecule has 3 nitrogen and oxygen atoms in total. The van der Waals surface area contributed by atoms with Crippen LogP contribution in [-0.4, -0.2) is 13.0 Å². The summed E-state index contributed by atoms with van der Waals surface area (Å²) in [6.07, 6.45) is 0. The van der Waals surface area contributed by atoms with Crippen LogP contribution in [0.3, 0.4) is 0 Å². The molecule has 0 unspecified atom stereocenters. The number of halogens is 3. The van der Waals surface area contributed by atoms with Gasteiger partial charge >= 0.3 is 0 Å². The number of hydrogen-bond acceptors (Lipinski definition) is 2. The molecule has 0 spiro atoms. The zero-order valence-corrected chi connectivity index (χ0v) is 9.04. The Morgan fingerprint density at radius 1 is 1.08 bits per heavy atom. The Balaban J connectivity index is 3.57. The molecule has 0 radical (unpaired) electrons. The second-order valence-corrected chi connectivity index (χ2v) is 4.78. The Kier molecular flexibility index (Phi) is 3.09. The summed E-state index contributed by atoms with van der Waals surface area (Å²) in [6.45, 7) is 0. The van der Waals surface area contributed by atoms with E-state index in [2.05, 4.69) is 0 Å². The highest BCUT2D eigenvalue weighted by atomic mass is 35.5. The van der Waals surface area contributed by atoms with Crippen LogP contribution in [0.2, 0.25) is 15.1 Å². The van der Waals surface area contributed by atoms with Crippen molar-refractivity contribution in [3.63, 3.8) is 0 Å². The average molecular weight is 262 g/mol. The van der Waals surface area contributed by atoms with Crippen LogP contribution in [0.1, 0.15) is 0 Å². The molecule has 7 heteroatoms. The lowest BCUT2D eigenvalue weighted by Gasteiger charge is -2.03. The highest BCUT2D eigenvalue weighted by Gasteiger charge is 2.19. The molecule has 1 aromatic rings. The largest absolute Gasteiger partial charge is 0.297 e. The van der Waals surface area contributed by atoms with Gasteiger partial charge < -0.3 is 0 Å². The monoisotopic (exact) mass is 260 g/mol. The van der Waals surface area contributed by atoms with E-state index in [1.54, 1.807) is 0 Å². The Morgan fingerprint density at radius 3 is 1.77 bits per heavy atom. The maximum atomic E-state index is 10.7. The zero-order chi connectivity index (χ0) is 10.2. The predicted octanol–water partition coefficient (Wildman–Crippen LogP) is 2.89. The minimum absolute atomic E-state index is 0.197. The molecular formula is C6H3Cl3O3S. The van der Waals surface area contributed by atoms with Crippen LogP contribution in [0.15, 0.2) is 17.0 Å². The first-order chi connectivity index (χ1) is 5.82. The minimum Gasteiger partial charge on any atom is -0.282 e. The van der Waals surface area contributed by atoms with Gasteiger partial charge in [-0.05, 0) is 12.1 Å². The van der Waals surface area contributed by atoms with Gasteiger partial charge in [-0.1, -0.05) is 34.8 Å². The van der Waals surface area contributed by atoms with Gasteiger partial charge in [0, 0.05) is 5.02 Å². The summed E-state index contributed by atoms with van der Waals surface area (Å²) in [4.78, 5) is -0.528. The van der Waals surface area contributed by atoms with Gasteiger partial charge in [0.1, 0.15) is 4.90 Å². The van der Waals surface area contributed by atoms with Gasteiger partial charge in [-0.25, -0.2) is 0 Å². The fourth-order valence-electron chi connectivity index (χ4n) is 0.775. The molecule has 1 N–H and O–H groups in total. The molecule has 0 saturated heterocycles. The Hall–Kier alpha value is -0.000000000000000167. The number of benzene rings is 1. The zero-order valence-electron chi connectivity index (χ0n) is 5.96. The van der Waals surface area contributed by atoms with Crippen molar-refractivity contribution in [2.75, 3.05) is 0 Å². The van der Waals surface area contributed by atoms with Crippen LogP contribution in [0, 0.1) is 0 Å². The maximum absolute atomic E-state index is 10.7. The van der Waals surface area contributed by atoms with Gasteiger partial charge in [-0.3, -0.25) is 4.55 Å². The molecule has 13 heavy (non-hydrogen) atoms. The SMILES string of the molecule is O=S(=O)(O)c1c(Cl)cc(Cl)cc1Cl. The second kappa shape index (κ2) is 3.63. The van der Waals surface area contributed by atoms with E-state index in [4.69, 9.17) is 39.4 Å². The first-order valence-electron chi connectivity index (χ1n) is 2.94. The third-order valence-corrected chi connectivity index (χ3v) is 3.22. The molecule has 0 aromatic heterocycles. The molecular weight excluding hydrogens is 258 g/mol. The summed E-state index contributed by atoms with van der Waals surface area (Å²) in [5, 5.41) is -0.220. The van der Waals surface area contributed by atoms with Gasteiger partial charge in [0.2, 0.25) is 0 Å². The molecule has 1 rings (SSSR count). The van der Waals surface area contributed by atoms with Crippen molar-refractivity contribution in [1.82, 2.24) is 0 Å². The van der Waals surface area contributed by atoms with E-state index in [0.717, 1.165) is 0 Å². The topological polar surface area (TPSA) is 54.4 Å². The lowest BCUT2D eigenvalue weighted by atomic mass is 10.4. The van der Waals surface area contributed by atoms with Gasteiger partial charge in [-0.2, -0.15) is 8.42 Å². The smallest absolute Gasteiger partial charge is 0.282 e. The average Bonchev–Trinajstić information content (AvgIpc) is 1.78. The lowest BCUT2D eigenvalue weighted by Crippen LogP contribution is -2.00. The van der Waals surface area contributed by atoms with Crippen molar-refractivity contribution in [3.05, 3.63) is 27.2 Å². The number of rotatable bonds is 1. The molecule has 0 atom stereocenters. The van der Waals surface area contributed by atoms with Gasteiger partial charge in [0.25, 0.3) is 10.1 Å². The maximum Gasteiger partial charge on any atom is 0.297 e. The van der Waals surface area contributed by atoms with E-state index in [-0.39, 0.29) is 15.1 Å². The van der Waals surface area contributed by atoms with Crippen LogP contribution >= 0.6 is 34.8 Å². The summed E-state index contributed by atoms with van der Waals surface area (Å²) < 4.78 is 30.2. The van der Waals surface area contributed by atoms with Crippen LogP contribution < -0.4 is 0 Å². The molecule has 0 aliphatic carbocycles. The Bertz CT molecular complexity index is 417. The van der Waals surface area contributed by atoms with Crippen molar-refractivity contribution in [2.45, 2.75) is 4.90 Å². The lowest BCUT2D eigenvalue weighted by molar-refractivity contribution is 0.483. The first-order valence-corrected chi connectivity index (χ1v) is 5.52. The van der Waals surface area contributed by atoms with E-state index in [0.29, 0.717) is 0 Å². The second-order valence-electron chi connectivity index (χ2n) is 2.17. The highest BCUT2D eigenvalue weighted by molar-refractivity contribution is 7.86. The summed E-state index contributed by atoms with van der Waals surface area (Å²) >= 11 is 16.5. The fraction of sp³-hybridized carbons (Fsp3) is 0. The van der Waals surface area contributed by atoms with Crippen LogP contribution in [0.5, 0.6) is 0 Å². The van der Waals surface area contributed by atoms with E-state index in [1.807, 2.05) is 0 Å². The minimum atomic E-state index is -4.40. The summed E-state index contributed by atoms with van der Waals surface area (Å²) in [7, 11) is -4.40. The summed E-state index contributed by atoms with van der Waals surface area (Å²) in [5.41, 5.74) is 0. The van der Waals surface area contributed by atoms with E-state index < -0.39 is 15.0 Å². The van der Waals surface area contributed by atoms with Gasteiger partial charge in [0.15, 0.2) is 0 Å².